The second-order valence-corrected chi connectivity index (χ2v) is 11.8. The summed E-state index contributed by atoms with van der Waals surface area (Å²) in [6.07, 6.45) is 1.11. The summed E-state index contributed by atoms with van der Waals surface area (Å²) in [4.78, 5) is 26.6. The van der Waals surface area contributed by atoms with E-state index in [1.165, 1.54) is 4.90 Å². The molecule has 1 N–H and O–H groups in total. The summed E-state index contributed by atoms with van der Waals surface area (Å²) in [5, 5.41) is 9.35. The van der Waals surface area contributed by atoms with Crippen molar-refractivity contribution in [1.82, 2.24) is 4.90 Å². The average Bonchev–Trinajstić information content (AvgIpc) is 3.39. The fourth-order valence-corrected chi connectivity index (χ4v) is 6.39. The summed E-state index contributed by atoms with van der Waals surface area (Å²) in [6.45, 7) is -0.107. The third-order valence-electron chi connectivity index (χ3n) is 6.15. The number of amides is 1. The summed E-state index contributed by atoms with van der Waals surface area (Å²) in [5.74, 6) is -1.69. The van der Waals surface area contributed by atoms with Gasteiger partial charge in [0.25, 0.3) is 0 Å². The van der Waals surface area contributed by atoms with Crippen LogP contribution in [0.4, 0.5) is 0 Å². The monoisotopic (exact) mass is 525 g/mol. The van der Waals surface area contributed by atoms with E-state index in [9.17, 15) is 23.1 Å². The van der Waals surface area contributed by atoms with Crippen molar-refractivity contribution in [1.29, 1.82) is 0 Å². The van der Waals surface area contributed by atoms with Crippen molar-refractivity contribution in [3.05, 3.63) is 69.2 Å². The first kappa shape index (κ1) is 22.3. The van der Waals surface area contributed by atoms with E-state index in [0.717, 1.165) is 10.0 Å². The van der Waals surface area contributed by atoms with Gasteiger partial charge in [0, 0.05) is 16.0 Å². The quantitative estimate of drug-likeness (QED) is 0.618. The maximum Gasteiger partial charge on any atom is 0.326 e. The zero-order valence-electron chi connectivity index (χ0n) is 16.5. The molecule has 9 heteroatoms. The zero-order valence-corrected chi connectivity index (χ0v) is 19.7. The van der Waals surface area contributed by atoms with Crippen LogP contribution >= 0.6 is 27.5 Å². The van der Waals surface area contributed by atoms with Crippen LogP contribution in [0, 0.1) is 0 Å². The molecule has 164 valence electrons. The van der Waals surface area contributed by atoms with Gasteiger partial charge in [-0.25, -0.2) is 13.2 Å². The SMILES string of the molecule is O=C(O)[C@@H]1C[C@@H](S(=O)(=O)Cc2ccc(Br)cc2)CN1C(=O)C1(c2ccc(Cl)cc2)CC1. The number of nitrogens with zero attached hydrogens (tertiary/aromatic N) is 1. The van der Waals surface area contributed by atoms with Gasteiger partial charge < -0.3 is 10.0 Å². The molecule has 0 aromatic heterocycles. The van der Waals surface area contributed by atoms with Gasteiger partial charge in [0.1, 0.15) is 6.04 Å². The number of rotatable bonds is 6. The molecule has 0 radical (unpaired) electrons. The van der Waals surface area contributed by atoms with E-state index in [2.05, 4.69) is 15.9 Å². The topological polar surface area (TPSA) is 91.8 Å². The predicted octanol–water partition coefficient (Wildman–Crippen LogP) is 3.80. The van der Waals surface area contributed by atoms with Crippen molar-refractivity contribution in [3.63, 3.8) is 0 Å². The van der Waals surface area contributed by atoms with Crippen LogP contribution in [0.2, 0.25) is 5.02 Å². The molecule has 2 aromatic carbocycles. The Labute approximate surface area is 194 Å². The average molecular weight is 527 g/mol. The normalized spacial score (nSPS) is 22.3. The molecule has 4 rings (SSSR count). The Morgan fingerprint density at radius 1 is 1.10 bits per heavy atom. The highest BCUT2D eigenvalue weighted by Crippen LogP contribution is 2.50. The van der Waals surface area contributed by atoms with E-state index < -0.39 is 32.5 Å². The highest BCUT2D eigenvalue weighted by molar-refractivity contribution is 9.10. The van der Waals surface area contributed by atoms with Crippen molar-refractivity contribution >= 4 is 49.2 Å². The van der Waals surface area contributed by atoms with Gasteiger partial charge in [0.05, 0.1) is 16.4 Å². The molecule has 1 saturated carbocycles. The van der Waals surface area contributed by atoms with Gasteiger partial charge in [-0.05, 0) is 54.7 Å². The van der Waals surface area contributed by atoms with E-state index in [4.69, 9.17) is 11.6 Å². The van der Waals surface area contributed by atoms with Crippen LogP contribution in [-0.2, 0) is 30.6 Å². The standard InChI is InChI=1S/C22H21BrClNO5S/c23-16-5-1-14(2-6-16)13-31(29,30)18-11-19(20(26)27)25(12-18)21(28)22(9-10-22)15-3-7-17(24)8-4-15/h1-8,18-19H,9-13H2,(H,26,27)/t18-,19+/m1/s1. The molecule has 1 saturated heterocycles. The molecular formula is C22H21BrClNO5S. The van der Waals surface area contributed by atoms with Gasteiger partial charge in [-0.1, -0.05) is 51.8 Å². The van der Waals surface area contributed by atoms with Crippen molar-refractivity contribution in [2.45, 2.75) is 41.7 Å². The highest BCUT2D eigenvalue weighted by Gasteiger charge is 2.57. The van der Waals surface area contributed by atoms with Gasteiger partial charge in [-0.3, -0.25) is 4.79 Å². The number of carboxylic acid groups (broad SMARTS) is 1. The van der Waals surface area contributed by atoms with E-state index in [1.807, 2.05) is 0 Å². The molecule has 1 amide bonds. The van der Waals surface area contributed by atoms with Gasteiger partial charge in [0.15, 0.2) is 9.84 Å². The van der Waals surface area contributed by atoms with E-state index in [1.54, 1.807) is 48.5 Å². The number of carbonyl (C=O) groups excluding carboxylic acids is 1. The number of carbonyl (C=O) groups is 2. The largest absolute Gasteiger partial charge is 0.480 e. The Hall–Kier alpha value is -1.90. The molecule has 2 aromatic rings. The van der Waals surface area contributed by atoms with Crippen LogP contribution in [-0.4, -0.2) is 48.1 Å². The van der Waals surface area contributed by atoms with Crippen LogP contribution in [0.3, 0.4) is 0 Å². The Bertz CT molecular complexity index is 1110. The molecule has 1 aliphatic carbocycles. The number of hydrogen-bond acceptors (Lipinski definition) is 4. The first-order valence-electron chi connectivity index (χ1n) is 9.88. The molecule has 0 bridgehead atoms. The molecule has 2 fully saturated rings. The van der Waals surface area contributed by atoms with Crippen LogP contribution in [0.1, 0.15) is 30.4 Å². The maximum atomic E-state index is 13.4. The van der Waals surface area contributed by atoms with Crippen molar-refractivity contribution < 1.29 is 23.1 Å². The van der Waals surface area contributed by atoms with Gasteiger partial charge in [-0.2, -0.15) is 0 Å². The molecule has 0 unspecified atom stereocenters. The van der Waals surface area contributed by atoms with Crippen LogP contribution in [0.15, 0.2) is 53.0 Å². The summed E-state index contributed by atoms with van der Waals surface area (Å²) in [7, 11) is -3.64. The predicted molar refractivity (Wildman–Crippen MR) is 121 cm³/mol. The van der Waals surface area contributed by atoms with Gasteiger partial charge >= 0.3 is 5.97 Å². The van der Waals surface area contributed by atoms with Crippen molar-refractivity contribution in [3.8, 4) is 0 Å². The van der Waals surface area contributed by atoms with Crippen LogP contribution < -0.4 is 0 Å². The van der Waals surface area contributed by atoms with E-state index in [0.29, 0.717) is 23.4 Å². The molecule has 2 atom stereocenters. The zero-order chi connectivity index (χ0) is 22.4. The van der Waals surface area contributed by atoms with E-state index >= 15 is 0 Å². The minimum atomic E-state index is -3.64. The molecule has 0 spiro atoms. The minimum Gasteiger partial charge on any atom is -0.480 e. The third kappa shape index (κ3) is 4.38. The van der Waals surface area contributed by atoms with Crippen LogP contribution in [0.25, 0.3) is 0 Å². The summed E-state index contributed by atoms with van der Waals surface area (Å²) < 4.78 is 26.9. The Morgan fingerprint density at radius 2 is 1.71 bits per heavy atom. The van der Waals surface area contributed by atoms with Crippen molar-refractivity contribution in [2.75, 3.05) is 6.54 Å². The fourth-order valence-electron chi connectivity index (χ4n) is 4.24. The summed E-state index contributed by atoms with van der Waals surface area (Å²) >= 11 is 9.28. The number of sulfone groups is 1. The van der Waals surface area contributed by atoms with Crippen molar-refractivity contribution in [2.24, 2.45) is 0 Å². The maximum absolute atomic E-state index is 13.4. The molecule has 1 aliphatic heterocycles. The molecular weight excluding hydrogens is 506 g/mol. The van der Waals surface area contributed by atoms with Gasteiger partial charge in [-0.15, -0.1) is 0 Å². The highest BCUT2D eigenvalue weighted by atomic mass is 79.9. The fraction of sp³-hybridized carbons (Fsp3) is 0.364. The molecule has 2 aliphatic rings. The minimum absolute atomic E-state index is 0.101. The van der Waals surface area contributed by atoms with E-state index in [-0.39, 0.29) is 24.6 Å². The lowest BCUT2D eigenvalue weighted by Crippen LogP contribution is -2.46. The number of halogens is 2. The Kier molecular flexibility index (Phi) is 5.91. The molecule has 31 heavy (non-hydrogen) atoms. The Morgan fingerprint density at radius 3 is 2.26 bits per heavy atom. The lowest BCUT2D eigenvalue weighted by Gasteiger charge is -2.27. The first-order chi connectivity index (χ1) is 14.6. The smallest absolute Gasteiger partial charge is 0.326 e. The van der Waals surface area contributed by atoms with Crippen LogP contribution in [0.5, 0.6) is 0 Å². The first-order valence-corrected chi connectivity index (χ1v) is 12.8. The van der Waals surface area contributed by atoms with Gasteiger partial charge in [0.2, 0.25) is 5.91 Å². The lowest BCUT2D eigenvalue weighted by molar-refractivity contribution is -0.149. The molecule has 1 heterocycles. The number of hydrogen-bond donors (Lipinski definition) is 1. The number of benzene rings is 2. The second kappa shape index (κ2) is 8.22. The number of aliphatic carboxylic acids is 1. The molecule has 6 nitrogen and oxygen atoms in total. The Balaban J connectivity index is 1.57. The second-order valence-electron chi connectivity index (χ2n) is 8.19. The number of carboxylic acids is 1. The number of likely N-dealkylation sites (tertiary alicyclic amines) is 1. The summed E-state index contributed by atoms with van der Waals surface area (Å²) in [5.41, 5.74) is 0.620. The summed E-state index contributed by atoms with van der Waals surface area (Å²) in [6, 6.07) is 12.8. The third-order valence-corrected chi connectivity index (χ3v) is 9.03. The lowest BCUT2D eigenvalue weighted by atomic mass is 9.94.